The molecule has 4 N–H and O–H groups in total. The number of aromatic nitrogens is 2. The number of aromatic amines is 1. The molecule has 9 nitrogen and oxygen atoms in total. The van der Waals surface area contributed by atoms with Crippen LogP contribution in [0.2, 0.25) is 5.02 Å². The molecule has 0 radical (unpaired) electrons. The lowest BCUT2D eigenvalue weighted by Crippen LogP contribution is -2.37. The van der Waals surface area contributed by atoms with E-state index in [2.05, 4.69) is 36.4 Å². The summed E-state index contributed by atoms with van der Waals surface area (Å²) in [7, 11) is 1.35. The molecule has 3 aromatic rings. The van der Waals surface area contributed by atoms with Crippen molar-refractivity contribution in [1.29, 1.82) is 0 Å². The van der Waals surface area contributed by atoms with Gasteiger partial charge in [-0.25, -0.2) is 9.78 Å². The molecule has 0 aliphatic rings. The van der Waals surface area contributed by atoms with E-state index in [4.69, 9.17) is 26.1 Å². The second-order valence-electron chi connectivity index (χ2n) is 11.0. The smallest absolute Gasteiger partial charge is 0.407 e. The van der Waals surface area contributed by atoms with E-state index < -0.39 is 6.09 Å². The molecule has 0 bridgehead atoms. The number of aryl methyl sites for hydroxylation is 1. The number of carbonyl (C=O) groups is 2. The highest BCUT2D eigenvalue weighted by Gasteiger charge is 2.22. The maximum Gasteiger partial charge on any atom is 0.407 e. The summed E-state index contributed by atoms with van der Waals surface area (Å²) in [5, 5.41) is 15.9. The molecule has 0 fully saturated rings. The molecular formula is C32H43ClN4O5. The monoisotopic (exact) mass is 598 g/mol. The highest BCUT2D eigenvalue weighted by molar-refractivity contribution is 6.32. The largest absolute Gasteiger partial charge is 0.489 e. The fourth-order valence-electron chi connectivity index (χ4n) is 4.73. The summed E-state index contributed by atoms with van der Waals surface area (Å²) in [5.74, 6) is 1.30. The van der Waals surface area contributed by atoms with Gasteiger partial charge < -0.3 is 30.2 Å². The summed E-state index contributed by atoms with van der Waals surface area (Å²) in [4.78, 5) is 33.2. The summed E-state index contributed by atoms with van der Waals surface area (Å²) in [5.41, 5.74) is 4.19. The zero-order valence-electron chi connectivity index (χ0n) is 25.3. The minimum absolute atomic E-state index is 0.0310. The molecule has 0 spiro atoms. The Balaban J connectivity index is 1.75. The molecule has 1 heterocycles. The Morgan fingerprint density at radius 2 is 1.79 bits per heavy atom. The molecule has 1 aromatic heterocycles. The van der Waals surface area contributed by atoms with Crippen molar-refractivity contribution in [3.63, 3.8) is 0 Å². The lowest BCUT2D eigenvalue weighted by Gasteiger charge is -2.19. The molecule has 10 heteroatoms. The first kappa shape index (κ1) is 32.9. The SMILES string of the molecule is CCc1[nH]c([C@@H](CC(C)C)NC(=O)OC)nc1-c1ccc(C[C@@H](CCO)NC(=O)c2ccc(OC(C)C)c(Cl)c2)cc1. The highest BCUT2D eigenvalue weighted by atomic mass is 35.5. The minimum Gasteiger partial charge on any atom is -0.489 e. The number of benzene rings is 2. The van der Waals surface area contributed by atoms with Gasteiger partial charge in [0.1, 0.15) is 11.6 Å². The molecule has 2 amide bonds. The zero-order chi connectivity index (χ0) is 30.8. The fourth-order valence-corrected chi connectivity index (χ4v) is 4.95. The molecule has 0 saturated carbocycles. The number of amides is 2. The Kier molecular flexibility index (Phi) is 12.2. The van der Waals surface area contributed by atoms with E-state index in [1.165, 1.54) is 7.11 Å². The number of methoxy groups -OCH3 is 1. The van der Waals surface area contributed by atoms with Gasteiger partial charge in [0.25, 0.3) is 5.91 Å². The fraction of sp³-hybridized carbons (Fsp3) is 0.469. The molecule has 0 unspecified atom stereocenters. The third-order valence-electron chi connectivity index (χ3n) is 6.74. The third kappa shape index (κ3) is 9.22. The summed E-state index contributed by atoms with van der Waals surface area (Å²) < 4.78 is 10.5. The van der Waals surface area contributed by atoms with Gasteiger partial charge in [0, 0.05) is 29.5 Å². The van der Waals surface area contributed by atoms with Crippen molar-refractivity contribution in [1.82, 2.24) is 20.6 Å². The van der Waals surface area contributed by atoms with Crippen LogP contribution in [-0.4, -0.2) is 52.9 Å². The standard InChI is InChI=1S/C32H43ClN4O5/c1-7-26-29(37-30(35-26)27(16-19(2)3)36-32(40)41-6)22-10-8-21(9-11-22)17-24(14-15-38)34-31(39)23-12-13-28(25(33)18-23)42-20(4)5/h8-13,18-20,24,27,38H,7,14-17H2,1-6H3,(H,34,39)(H,35,37)(H,36,40)/t24-,27-/m1/s1. The quantitative estimate of drug-likeness (QED) is 0.174. The molecule has 0 aliphatic carbocycles. The number of nitrogens with one attached hydrogen (secondary N) is 3. The topological polar surface area (TPSA) is 126 Å². The average molecular weight is 599 g/mol. The maximum absolute atomic E-state index is 13.0. The van der Waals surface area contributed by atoms with E-state index >= 15 is 0 Å². The van der Waals surface area contributed by atoms with Gasteiger partial charge in [0.15, 0.2) is 0 Å². The predicted molar refractivity (Wildman–Crippen MR) is 165 cm³/mol. The Morgan fingerprint density at radius 3 is 2.36 bits per heavy atom. The van der Waals surface area contributed by atoms with Gasteiger partial charge in [-0.1, -0.05) is 56.6 Å². The van der Waals surface area contributed by atoms with Crippen molar-refractivity contribution in [3.8, 4) is 17.0 Å². The van der Waals surface area contributed by atoms with Crippen LogP contribution in [0.15, 0.2) is 42.5 Å². The van der Waals surface area contributed by atoms with E-state index in [0.29, 0.717) is 47.3 Å². The van der Waals surface area contributed by atoms with Crippen molar-refractivity contribution in [2.24, 2.45) is 5.92 Å². The Bertz CT molecular complexity index is 1320. The minimum atomic E-state index is -0.495. The maximum atomic E-state index is 13.0. The van der Waals surface area contributed by atoms with E-state index in [1.807, 2.05) is 38.1 Å². The highest BCUT2D eigenvalue weighted by Crippen LogP contribution is 2.28. The molecular weight excluding hydrogens is 556 g/mol. The summed E-state index contributed by atoms with van der Waals surface area (Å²) in [6.45, 7) is 10.0. The van der Waals surface area contributed by atoms with Gasteiger partial charge in [-0.05, 0) is 69.2 Å². The van der Waals surface area contributed by atoms with Crippen molar-refractivity contribution in [2.75, 3.05) is 13.7 Å². The van der Waals surface area contributed by atoms with Crippen molar-refractivity contribution in [2.45, 2.75) is 78.5 Å². The average Bonchev–Trinajstić information content (AvgIpc) is 3.38. The summed E-state index contributed by atoms with van der Waals surface area (Å²) in [6.07, 6.45) is 1.88. The number of H-pyrrole nitrogens is 1. The number of ether oxygens (including phenoxy) is 2. The van der Waals surface area contributed by atoms with Crippen molar-refractivity contribution in [3.05, 3.63) is 70.1 Å². The second kappa shape index (κ2) is 15.6. The molecule has 3 rings (SSSR count). The van der Waals surface area contributed by atoms with Crippen LogP contribution >= 0.6 is 11.6 Å². The summed E-state index contributed by atoms with van der Waals surface area (Å²) >= 11 is 6.33. The molecule has 228 valence electrons. The molecule has 42 heavy (non-hydrogen) atoms. The van der Waals surface area contributed by atoms with Gasteiger partial charge in [0.05, 0.1) is 30.0 Å². The number of halogens is 1. The van der Waals surface area contributed by atoms with Gasteiger partial charge in [0.2, 0.25) is 0 Å². The first-order chi connectivity index (χ1) is 20.0. The number of aliphatic hydroxyl groups excluding tert-OH is 1. The van der Waals surface area contributed by atoms with Crippen LogP contribution < -0.4 is 15.4 Å². The Hall–Kier alpha value is -3.56. The van der Waals surface area contributed by atoms with Crippen LogP contribution in [0.25, 0.3) is 11.3 Å². The Morgan fingerprint density at radius 1 is 1.07 bits per heavy atom. The van der Waals surface area contributed by atoms with Gasteiger partial charge in [-0.2, -0.15) is 0 Å². The number of imidazole rings is 1. The number of carbonyl (C=O) groups excluding carboxylic acids is 2. The van der Waals surface area contributed by atoms with Crippen LogP contribution in [-0.2, 0) is 17.6 Å². The van der Waals surface area contributed by atoms with Crippen LogP contribution in [0.3, 0.4) is 0 Å². The third-order valence-corrected chi connectivity index (χ3v) is 7.04. The number of nitrogens with zero attached hydrogens (tertiary/aromatic N) is 1. The van der Waals surface area contributed by atoms with Crippen molar-refractivity contribution >= 4 is 23.6 Å². The van der Waals surface area contributed by atoms with E-state index in [-0.39, 0.29) is 30.7 Å². The lowest BCUT2D eigenvalue weighted by molar-refractivity contribution is 0.0930. The number of hydrogen-bond donors (Lipinski definition) is 4. The molecule has 0 aliphatic heterocycles. The summed E-state index contributed by atoms with van der Waals surface area (Å²) in [6, 6.07) is 12.4. The first-order valence-corrected chi connectivity index (χ1v) is 14.8. The van der Waals surface area contributed by atoms with Crippen LogP contribution in [0.4, 0.5) is 4.79 Å². The van der Waals surface area contributed by atoms with Crippen LogP contribution in [0.5, 0.6) is 5.75 Å². The lowest BCUT2D eigenvalue weighted by atomic mass is 10.00. The molecule has 2 atom stereocenters. The predicted octanol–water partition coefficient (Wildman–Crippen LogP) is 6.25. The van der Waals surface area contributed by atoms with E-state index in [1.54, 1.807) is 18.2 Å². The number of rotatable bonds is 14. The molecule has 0 saturated heterocycles. The Labute approximate surface area is 253 Å². The second-order valence-corrected chi connectivity index (χ2v) is 11.4. The van der Waals surface area contributed by atoms with Crippen molar-refractivity contribution < 1.29 is 24.2 Å². The van der Waals surface area contributed by atoms with Gasteiger partial charge in [-0.3, -0.25) is 4.79 Å². The number of hydrogen-bond acceptors (Lipinski definition) is 6. The van der Waals surface area contributed by atoms with Crippen LogP contribution in [0.1, 0.15) is 80.9 Å². The van der Waals surface area contributed by atoms with Gasteiger partial charge >= 0.3 is 6.09 Å². The number of alkyl carbamates (subject to hydrolysis) is 1. The van der Waals surface area contributed by atoms with Crippen LogP contribution in [0, 0.1) is 5.92 Å². The first-order valence-electron chi connectivity index (χ1n) is 14.4. The normalized spacial score (nSPS) is 12.7. The van der Waals surface area contributed by atoms with E-state index in [0.717, 1.165) is 28.9 Å². The molecule has 2 aromatic carbocycles. The zero-order valence-corrected chi connectivity index (χ0v) is 26.0. The van der Waals surface area contributed by atoms with E-state index in [9.17, 15) is 14.7 Å². The number of aliphatic hydroxyl groups is 1. The van der Waals surface area contributed by atoms with Gasteiger partial charge in [-0.15, -0.1) is 0 Å².